The molecule has 0 saturated heterocycles. The molecule has 3 aromatic carbocycles. The minimum absolute atomic E-state index is 0.00794. The monoisotopic (exact) mass is 495 g/mol. The summed E-state index contributed by atoms with van der Waals surface area (Å²) in [6.07, 6.45) is 3.92. The van der Waals surface area contributed by atoms with Crippen molar-refractivity contribution in [2.24, 2.45) is 0 Å². The third-order valence-electron chi connectivity index (χ3n) is 8.34. The second-order valence-corrected chi connectivity index (χ2v) is 13.9. The summed E-state index contributed by atoms with van der Waals surface area (Å²) < 4.78 is 18.6. The average Bonchev–Trinajstić information content (AvgIpc) is 3.19. The van der Waals surface area contributed by atoms with Crippen molar-refractivity contribution in [3.8, 4) is 11.3 Å². The zero-order chi connectivity index (χ0) is 25.6. The van der Waals surface area contributed by atoms with Gasteiger partial charge < -0.3 is 0 Å². The van der Waals surface area contributed by atoms with Crippen molar-refractivity contribution in [1.82, 2.24) is 4.98 Å². The van der Waals surface area contributed by atoms with Gasteiger partial charge in [-0.3, -0.25) is 4.98 Å². The minimum Gasteiger partial charge on any atom is -0.255 e. The van der Waals surface area contributed by atoms with Crippen molar-refractivity contribution in [3.63, 3.8) is 0 Å². The number of halogens is 1. The van der Waals surface area contributed by atoms with Gasteiger partial charge in [-0.15, -0.1) is 11.3 Å². The molecule has 3 heteroatoms. The number of pyridine rings is 1. The van der Waals surface area contributed by atoms with Gasteiger partial charge in [0, 0.05) is 27.2 Å². The molecule has 2 heterocycles. The fourth-order valence-corrected chi connectivity index (χ4v) is 7.42. The van der Waals surface area contributed by atoms with E-state index in [1.165, 1.54) is 21.9 Å². The summed E-state index contributed by atoms with van der Waals surface area (Å²) in [7, 11) is 0. The molecule has 1 nitrogen and oxygen atoms in total. The zero-order valence-electron chi connectivity index (χ0n) is 22.3. The Morgan fingerprint density at radius 1 is 0.889 bits per heavy atom. The van der Waals surface area contributed by atoms with E-state index in [0.29, 0.717) is 0 Å². The van der Waals surface area contributed by atoms with Gasteiger partial charge in [0.25, 0.3) is 0 Å². The normalized spacial score (nSPS) is 17.1. The molecule has 0 fully saturated rings. The van der Waals surface area contributed by atoms with Crippen LogP contribution in [0.5, 0.6) is 0 Å². The molecule has 0 saturated carbocycles. The van der Waals surface area contributed by atoms with Crippen LogP contribution in [-0.2, 0) is 16.2 Å². The zero-order valence-corrected chi connectivity index (χ0v) is 23.2. The van der Waals surface area contributed by atoms with Crippen molar-refractivity contribution < 1.29 is 4.39 Å². The van der Waals surface area contributed by atoms with Crippen LogP contribution < -0.4 is 0 Å². The Morgan fingerprint density at radius 3 is 2.36 bits per heavy atom. The largest absolute Gasteiger partial charge is 0.255 e. The van der Waals surface area contributed by atoms with Crippen LogP contribution in [0.15, 0.2) is 54.7 Å². The second-order valence-electron chi connectivity index (χ2n) is 12.9. The van der Waals surface area contributed by atoms with Crippen molar-refractivity contribution in [2.75, 3.05) is 0 Å². The van der Waals surface area contributed by atoms with Crippen LogP contribution in [0.4, 0.5) is 4.39 Å². The molecule has 0 bridgehead atoms. The van der Waals surface area contributed by atoms with Crippen LogP contribution >= 0.6 is 11.3 Å². The molecule has 0 N–H and O–H groups in total. The van der Waals surface area contributed by atoms with E-state index < -0.39 is 0 Å². The molecule has 1 aliphatic rings. The number of aromatic nitrogens is 1. The van der Waals surface area contributed by atoms with Gasteiger partial charge >= 0.3 is 0 Å². The number of hydrogen-bond donors (Lipinski definition) is 0. The molecule has 2 aromatic heterocycles. The minimum atomic E-state index is -0.173. The maximum Gasteiger partial charge on any atom is 0.136 e. The van der Waals surface area contributed by atoms with E-state index in [1.54, 1.807) is 11.3 Å². The highest BCUT2D eigenvalue weighted by molar-refractivity contribution is 7.26. The summed E-state index contributed by atoms with van der Waals surface area (Å²) >= 11 is 1.69. The van der Waals surface area contributed by atoms with Gasteiger partial charge in [-0.2, -0.15) is 0 Å². The van der Waals surface area contributed by atoms with Crippen LogP contribution in [0.25, 0.3) is 42.2 Å². The number of nitrogens with zero attached hydrogens (tertiary/aromatic N) is 1. The van der Waals surface area contributed by atoms with Gasteiger partial charge in [-0.1, -0.05) is 72.7 Å². The number of thiophene rings is 1. The highest BCUT2D eigenvalue weighted by Crippen LogP contribution is 2.51. The van der Waals surface area contributed by atoms with Crippen LogP contribution in [0.3, 0.4) is 0 Å². The fourth-order valence-electron chi connectivity index (χ4n) is 6.17. The summed E-state index contributed by atoms with van der Waals surface area (Å²) in [6, 6.07) is 17.4. The predicted octanol–water partition coefficient (Wildman–Crippen LogP) is 10.1. The predicted molar refractivity (Wildman–Crippen MR) is 154 cm³/mol. The Morgan fingerprint density at radius 2 is 1.61 bits per heavy atom. The Balaban J connectivity index is 1.68. The average molecular weight is 496 g/mol. The van der Waals surface area contributed by atoms with E-state index in [-0.39, 0.29) is 22.1 Å². The van der Waals surface area contributed by atoms with Crippen molar-refractivity contribution in [1.29, 1.82) is 0 Å². The van der Waals surface area contributed by atoms with E-state index in [1.807, 2.05) is 12.3 Å². The van der Waals surface area contributed by atoms with Crippen LogP contribution in [-0.4, -0.2) is 4.98 Å². The second kappa shape index (κ2) is 7.61. The molecule has 6 rings (SSSR count). The van der Waals surface area contributed by atoms with Crippen molar-refractivity contribution in [2.45, 2.75) is 77.6 Å². The molecule has 0 amide bonds. The molecule has 0 aliphatic heterocycles. The van der Waals surface area contributed by atoms with Gasteiger partial charge in [-0.05, 0) is 80.8 Å². The van der Waals surface area contributed by atoms with Gasteiger partial charge in [0.15, 0.2) is 0 Å². The molecular formula is C33H34FNS. The first-order valence-electron chi connectivity index (χ1n) is 13.0. The quantitative estimate of drug-likeness (QED) is 0.225. The molecule has 0 spiro atoms. The number of fused-ring (bicyclic) bond motifs is 5. The molecule has 0 atom stereocenters. The molecule has 184 valence electrons. The topological polar surface area (TPSA) is 12.9 Å². The molecule has 0 unspecified atom stereocenters. The van der Waals surface area contributed by atoms with E-state index in [2.05, 4.69) is 90.9 Å². The van der Waals surface area contributed by atoms with E-state index >= 15 is 4.39 Å². The number of benzene rings is 3. The molecule has 0 radical (unpaired) electrons. The van der Waals surface area contributed by atoms with E-state index in [9.17, 15) is 0 Å². The standard InChI is InChI=1S/C33H34FNS/c1-31(2,3)23-17-20(16-19-10-8-9-11-21(19)23)29-30-22(12-15-35-29)26-25(36-30)18-24-27(28(26)34)33(6,7)14-13-32(24,4)5/h8-12,15-18H,13-14H2,1-7H3. The Bertz CT molecular complexity index is 1680. The third kappa shape index (κ3) is 3.43. The lowest BCUT2D eigenvalue weighted by Crippen LogP contribution is -2.34. The maximum atomic E-state index is 16.5. The van der Waals surface area contributed by atoms with E-state index in [0.717, 1.165) is 49.8 Å². The summed E-state index contributed by atoms with van der Waals surface area (Å²) in [4.78, 5) is 4.87. The van der Waals surface area contributed by atoms with Crippen molar-refractivity contribution >= 4 is 42.3 Å². The van der Waals surface area contributed by atoms with Gasteiger partial charge in [0.2, 0.25) is 0 Å². The lowest BCUT2D eigenvalue weighted by molar-refractivity contribution is 0.321. The molecule has 5 aromatic rings. The SMILES string of the molecule is CC(C)(C)c1cc(-c2nccc3c2sc2cc4c(c(F)c23)C(C)(C)CCC4(C)C)cc2ccccc12. The lowest BCUT2D eigenvalue weighted by atomic mass is 9.63. The van der Waals surface area contributed by atoms with Crippen LogP contribution in [0.1, 0.15) is 78.0 Å². The number of hydrogen-bond acceptors (Lipinski definition) is 2. The summed E-state index contributed by atoms with van der Waals surface area (Å²) in [6.45, 7) is 15.7. The highest BCUT2D eigenvalue weighted by Gasteiger charge is 2.40. The molecule has 36 heavy (non-hydrogen) atoms. The van der Waals surface area contributed by atoms with Gasteiger partial charge in [0.1, 0.15) is 5.82 Å². The van der Waals surface area contributed by atoms with Crippen LogP contribution in [0, 0.1) is 5.82 Å². The smallest absolute Gasteiger partial charge is 0.136 e. The Kier molecular flexibility index (Phi) is 4.99. The molecule has 1 aliphatic carbocycles. The highest BCUT2D eigenvalue weighted by atomic mass is 32.1. The Hall–Kier alpha value is -2.78. The fraction of sp³-hybridized carbons (Fsp3) is 0.364. The lowest BCUT2D eigenvalue weighted by Gasteiger charge is -2.42. The molecular weight excluding hydrogens is 461 g/mol. The Labute approximate surface area is 217 Å². The number of rotatable bonds is 1. The summed E-state index contributed by atoms with van der Waals surface area (Å²) in [5.41, 5.74) is 5.22. The summed E-state index contributed by atoms with van der Waals surface area (Å²) in [5, 5.41) is 4.23. The first-order valence-corrected chi connectivity index (χ1v) is 13.8. The van der Waals surface area contributed by atoms with Crippen molar-refractivity contribution in [3.05, 3.63) is 77.2 Å². The maximum absolute atomic E-state index is 16.5. The van der Waals surface area contributed by atoms with Gasteiger partial charge in [-0.25, -0.2) is 4.39 Å². The van der Waals surface area contributed by atoms with Crippen LogP contribution in [0.2, 0.25) is 0 Å². The first kappa shape index (κ1) is 23.6. The van der Waals surface area contributed by atoms with E-state index in [4.69, 9.17) is 4.98 Å². The summed E-state index contributed by atoms with van der Waals surface area (Å²) in [5.74, 6) is -0.0300. The van der Waals surface area contributed by atoms with Gasteiger partial charge in [0.05, 0.1) is 10.4 Å². The third-order valence-corrected chi connectivity index (χ3v) is 9.50. The first-order chi connectivity index (χ1) is 16.9.